The van der Waals surface area contributed by atoms with Gasteiger partial charge in [-0.1, -0.05) is 25.3 Å². The number of aromatic hydroxyl groups is 2. The van der Waals surface area contributed by atoms with Crippen LogP contribution in [0.15, 0.2) is 31.4 Å². The summed E-state index contributed by atoms with van der Waals surface area (Å²) in [5.74, 6) is 0.218. The highest BCUT2D eigenvalue weighted by atomic mass is 16.7. The third-order valence-electron chi connectivity index (χ3n) is 8.44. The zero-order valence-electron chi connectivity index (χ0n) is 23.3. The van der Waals surface area contributed by atoms with E-state index in [0.29, 0.717) is 45.1 Å². The largest absolute Gasteiger partial charge is 0.504 e. The number of nitrogens with zero attached hydrogens (tertiary/aromatic N) is 2. The van der Waals surface area contributed by atoms with Crippen molar-refractivity contribution < 1.29 is 48.6 Å². The summed E-state index contributed by atoms with van der Waals surface area (Å²) in [6.07, 6.45) is 2.44. The maximum absolute atomic E-state index is 14.3. The Morgan fingerprint density at radius 1 is 1.12 bits per heavy atom. The number of aliphatic hydroxyl groups is 1. The van der Waals surface area contributed by atoms with Crippen molar-refractivity contribution in [1.29, 1.82) is 0 Å². The molecule has 42 heavy (non-hydrogen) atoms. The summed E-state index contributed by atoms with van der Waals surface area (Å²) in [5, 5.41) is 32.8. The SMILES string of the molecule is C=CCOC(=O)N1C2Cc3cc(O)c(OC)c(O)c3C1C1Cc3c(OCC=C)c(C)c4c(c3C(CO)N1C2=O)OCO4. The van der Waals surface area contributed by atoms with Gasteiger partial charge in [0.2, 0.25) is 18.4 Å². The zero-order valence-corrected chi connectivity index (χ0v) is 23.3. The van der Waals surface area contributed by atoms with E-state index in [-0.39, 0.29) is 50.1 Å². The number of carbonyl (C=O) groups excluding carboxylic acids is 2. The van der Waals surface area contributed by atoms with Crippen molar-refractivity contribution in [3.8, 4) is 34.5 Å². The number of ether oxygens (including phenoxy) is 5. The molecular formula is C30H32N2O10. The second-order valence-electron chi connectivity index (χ2n) is 10.5. The predicted octanol–water partition coefficient (Wildman–Crippen LogP) is 2.80. The first-order valence-electron chi connectivity index (χ1n) is 13.6. The van der Waals surface area contributed by atoms with Crippen molar-refractivity contribution >= 4 is 12.0 Å². The first-order chi connectivity index (χ1) is 20.3. The van der Waals surface area contributed by atoms with Gasteiger partial charge in [-0.2, -0.15) is 0 Å². The van der Waals surface area contributed by atoms with Crippen LogP contribution in [0, 0.1) is 6.92 Å². The van der Waals surface area contributed by atoms with Crippen LogP contribution in [0.25, 0.3) is 0 Å². The summed E-state index contributed by atoms with van der Waals surface area (Å²) in [6, 6.07) is -2.16. The fourth-order valence-electron chi connectivity index (χ4n) is 6.92. The van der Waals surface area contributed by atoms with Crippen LogP contribution >= 0.6 is 0 Å². The molecule has 12 nitrogen and oxygen atoms in total. The van der Waals surface area contributed by atoms with Gasteiger partial charge >= 0.3 is 6.09 Å². The van der Waals surface area contributed by atoms with E-state index in [4.69, 9.17) is 23.7 Å². The van der Waals surface area contributed by atoms with Crippen molar-refractivity contribution in [3.05, 3.63) is 59.2 Å². The van der Waals surface area contributed by atoms with Crippen LogP contribution in [0.1, 0.15) is 39.9 Å². The van der Waals surface area contributed by atoms with Gasteiger partial charge in [-0.05, 0) is 25.0 Å². The van der Waals surface area contributed by atoms with Crippen molar-refractivity contribution in [2.24, 2.45) is 0 Å². The zero-order chi connectivity index (χ0) is 29.9. The number of carbonyl (C=O) groups is 2. The van der Waals surface area contributed by atoms with Crippen LogP contribution in [0.4, 0.5) is 4.79 Å². The third kappa shape index (κ3) is 3.78. The van der Waals surface area contributed by atoms with Crippen LogP contribution in [0.2, 0.25) is 0 Å². The van der Waals surface area contributed by atoms with Gasteiger partial charge in [0.15, 0.2) is 23.0 Å². The Bertz CT molecular complexity index is 1500. The lowest BCUT2D eigenvalue weighted by atomic mass is 9.73. The molecule has 0 saturated carbocycles. The minimum atomic E-state index is -1.04. The molecule has 4 aliphatic rings. The van der Waals surface area contributed by atoms with Gasteiger partial charge in [-0.25, -0.2) is 4.79 Å². The van der Waals surface area contributed by atoms with Crippen LogP contribution in [0.5, 0.6) is 34.5 Å². The Labute approximate surface area is 241 Å². The fourth-order valence-corrected chi connectivity index (χ4v) is 6.92. The van der Waals surface area contributed by atoms with Gasteiger partial charge in [0.05, 0.1) is 31.8 Å². The average Bonchev–Trinajstić information content (AvgIpc) is 3.47. The molecule has 1 saturated heterocycles. The van der Waals surface area contributed by atoms with Crippen molar-refractivity contribution in [2.75, 3.05) is 33.7 Å². The molecule has 222 valence electrons. The van der Waals surface area contributed by atoms with Crippen molar-refractivity contribution in [3.63, 3.8) is 0 Å². The normalized spacial score (nSPS) is 23.0. The number of piperazine rings is 1. The van der Waals surface area contributed by atoms with Crippen LogP contribution in [0.3, 0.4) is 0 Å². The lowest BCUT2D eigenvalue weighted by Gasteiger charge is -2.57. The van der Waals surface area contributed by atoms with Gasteiger partial charge in [-0.3, -0.25) is 9.69 Å². The molecule has 0 aromatic heterocycles. The van der Waals surface area contributed by atoms with Gasteiger partial charge < -0.3 is 43.9 Å². The summed E-state index contributed by atoms with van der Waals surface area (Å²) in [7, 11) is 1.31. The van der Waals surface area contributed by atoms with E-state index in [1.807, 2.05) is 6.92 Å². The molecule has 0 aliphatic carbocycles. The van der Waals surface area contributed by atoms with E-state index in [1.54, 1.807) is 11.0 Å². The molecule has 4 unspecified atom stereocenters. The minimum Gasteiger partial charge on any atom is -0.504 e. The first kappa shape index (κ1) is 27.6. The van der Waals surface area contributed by atoms with Crippen LogP contribution in [-0.4, -0.2) is 82.9 Å². The lowest BCUT2D eigenvalue weighted by molar-refractivity contribution is -0.158. The third-order valence-corrected chi connectivity index (χ3v) is 8.44. The highest BCUT2D eigenvalue weighted by molar-refractivity contribution is 5.91. The van der Waals surface area contributed by atoms with Gasteiger partial charge in [0.25, 0.3) is 0 Å². The Kier molecular flexibility index (Phi) is 6.80. The van der Waals surface area contributed by atoms with Gasteiger partial charge in [0, 0.05) is 28.7 Å². The highest BCUT2D eigenvalue weighted by Gasteiger charge is 2.58. The molecule has 0 radical (unpaired) electrons. The maximum Gasteiger partial charge on any atom is 0.411 e. The van der Waals surface area contributed by atoms with E-state index in [2.05, 4.69) is 13.2 Å². The molecule has 12 heteroatoms. The second kappa shape index (κ2) is 10.4. The second-order valence-corrected chi connectivity index (χ2v) is 10.5. The Balaban J connectivity index is 1.60. The topological polar surface area (TPSA) is 147 Å². The van der Waals surface area contributed by atoms with Crippen LogP contribution in [-0.2, 0) is 22.4 Å². The van der Waals surface area contributed by atoms with E-state index >= 15 is 0 Å². The number of aliphatic hydroxyl groups excluding tert-OH is 1. The Morgan fingerprint density at radius 3 is 2.55 bits per heavy atom. The summed E-state index contributed by atoms with van der Waals surface area (Å²) in [5.41, 5.74) is 2.77. The number of fused-ring (bicyclic) bond motifs is 9. The van der Waals surface area contributed by atoms with Gasteiger partial charge in [-0.15, -0.1) is 0 Å². The monoisotopic (exact) mass is 580 g/mol. The lowest BCUT2D eigenvalue weighted by Crippen LogP contribution is -2.69. The molecule has 1 fully saturated rings. The average molecular weight is 581 g/mol. The minimum absolute atomic E-state index is 0.00743. The maximum atomic E-state index is 14.3. The van der Waals surface area contributed by atoms with Gasteiger partial charge in [0.1, 0.15) is 25.0 Å². The summed E-state index contributed by atoms with van der Waals surface area (Å²) >= 11 is 0. The first-order valence-corrected chi connectivity index (χ1v) is 13.6. The summed E-state index contributed by atoms with van der Waals surface area (Å²) < 4.78 is 28.5. The number of hydrogen-bond acceptors (Lipinski definition) is 10. The molecule has 4 aliphatic heterocycles. The Hall–Kier alpha value is -4.58. The standard InChI is InChI=1S/C30H32N2O10/c1-5-7-39-25-14(3)26-28(42-13-41-26)22-16(25)11-17-23-21-15(10-20(34)27(38-4)24(21)35)9-18(29(36)31(17)19(22)12-33)32(23)30(37)40-8-6-2/h5-6,10,17-19,23,33-35H,1-2,7-9,11-13H2,3-4H3. The van der Waals surface area contributed by atoms with E-state index in [1.165, 1.54) is 24.2 Å². The van der Waals surface area contributed by atoms with E-state index < -0.39 is 42.8 Å². The molecule has 0 spiro atoms. The number of hydrogen-bond donors (Lipinski definition) is 3. The highest BCUT2D eigenvalue weighted by Crippen LogP contribution is 2.58. The number of benzene rings is 2. The summed E-state index contributed by atoms with van der Waals surface area (Å²) in [4.78, 5) is 30.8. The van der Waals surface area contributed by atoms with E-state index in [9.17, 15) is 24.9 Å². The van der Waals surface area contributed by atoms with Crippen LogP contribution < -0.4 is 18.9 Å². The molecule has 2 aromatic carbocycles. The number of rotatable bonds is 7. The molecule has 3 N–H and O–H groups in total. The Morgan fingerprint density at radius 2 is 1.86 bits per heavy atom. The summed E-state index contributed by atoms with van der Waals surface area (Å²) in [6.45, 7) is 8.82. The number of methoxy groups -OCH3 is 1. The molecular weight excluding hydrogens is 548 g/mol. The van der Waals surface area contributed by atoms with Crippen molar-refractivity contribution in [1.82, 2.24) is 9.80 Å². The molecule has 2 bridgehead atoms. The molecule has 4 atom stereocenters. The van der Waals surface area contributed by atoms with Crippen molar-refractivity contribution in [2.45, 2.75) is 43.9 Å². The predicted molar refractivity (Wildman–Crippen MR) is 147 cm³/mol. The van der Waals surface area contributed by atoms with E-state index in [0.717, 1.165) is 0 Å². The molecule has 2 amide bonds. The number of amides is 2. The quantitative estimate of drug-likeness (QED) is 0.418. The molecule has 2 aromatic rings. The number of phenols is 2. The fraction of sp³-hybridized carbons (Fsp3) is 0.400. The molecule has 4 heterocycles. The number of phenolic OH excluding ortho intramolecular Hbond substituents is 2. The smallest absolute Gasteiger partial charge is 0.411 e. The molecule has 6 rings (SSSR count).